The molecule has 2 aromatic rings. The zero-order valence-electron chi connectivity index (χ0n) is 12.7. The van der Waals surface area contributed by atoms with Crippen LogP contribution in [0.25, 0.3) is 0 Å². The third-order valence-electron chi connectivity index (χ3n) is 3.02. The van der Waals surface area contributed by atoms with Crippen LogP contribution in [-0.2, 0) is 0 Å². The van der Waals surface area contributed by atoms with Crippen molar-refractivity contribution in [1.82, 2.24) is 4.98 Å². The second-order valence-corrected chi connectivity index (χ2v) is 5.52. The molecule has 0 fully saturated rings. The monoisotopic (exact) mass is 283 g/mol. The molecule has 4 nitrogen and oxygen atoms in total. The molecule has 1 aromatic heterocycles. The van der Waals surface area contributed by atoms with E-state index in [1.807, 2.05) is 37.3 Å². The second kappa shape index (κ2) is 6.88. The molecule has 2 rings (SSSR count). The Hall–Kier alpha value is -2.36. The second-order valence-electron chi connectivity index (χ2n) is 5.52. The third-order valence-corrected chi connectivity index (χ3v) is 3.02. The number of carbonyl (C=O) groups excluding carboxylic acids is 1. The average Bonchev–Trinajstić information content (AvgIpc) is 2.48. The summed E-state index contributed by atoms with van der Waals surface area (Å²) in [6.07, 6.45) is 1.65. The van der Waals surface area contributed by atoms with E-state index in [0.29, 0.717) is 11.6 Å². The number of benzene rings is 1. The molecule has 4 heteroatoms. The molecule has 1 aromatic carbocycles. The molecular formula is C17H21N3O. The number of anilines is 2. The van der Waals surface area contributed by atoms with E-state index in [2.05, 4.69) is 29.5 Å². The van der Waals surface area contributed by atoms with Crippen molar-refractivity contribution in [3.05, 3.63) is 53.9 Å². The lowest BCUT2D eigenvalue weighted by atomic mass is 10.2. The van der Waals surface area contributed by atoms with Crippen LogP contribution >= 0.6 is 0 Å². The summed E-state index contributed by atoms with van der Waals surface area (Å²) in [5, 5.41) is 6.14. The van der Waals surface area contributed by atoms with E-state index in [-0.39, 0.29) is 5.91 Å². The lowest BCUT2D eigenvalue weighted by Gasteiger charge is -2.10. The number of nitrogens with zero attached hydrogens (tertiary/aromatic N) is 1. The number of amides is 1. The first-order chi connectivity index (χ1) is 10.0. The molecule has 0 saturated carbocycles. The number of nitrogens with one attached hydrogen (secondary N) is 2. The van der Waals surface area contributed by atoms with Crippen LogP contribution in [-0.4, -0.2) is 17.4 Å². The van der Waals surface area contributed by atoms with E-state index in [0.717, 1.165) is 23.5 Å². The van der Waals surface area contributed by atoms with Gasteiger partial charge in [0, 0.05) is 24.1 Å². The van der Waals surface area contributed by atoms with Crippen molar-refractivity contribution in [2.75, 3.05) is 17.2 Å². The van der Waals surface area contributed by atoms with Gasteiger partial charge in [0.1, 0.15) is 5.69 Å². The smallest absolute Gasteiger partial charge is 0.274 e. The van der Waals surface area contributed by atoms with Crippen LogP contribution in [0.15, 0.2) is 42.6 Å². The summed E-state index contributed by atoms with van der Waals surface area (Å²) in [4.78, 5) is 16.3. The summed E-state index contributed by atoms with van der Waals surface area (Å²) in [5.41, 5.74) is 3.25. The highest BCUT2D eigenvalue weighted by Crippen LogP contribution is 2.13. The summed E-state index contributed by atoms with van der Waals surface area (Å²) in [6.45, 7) is 7.15. The maximum atomic E-state index is 12.2. The summed E-state index contributed by atoms with van der Waals surface area (Å²) in [6, 6.07) is 11.3. The van der Waals surface area contributed by atoms with Gasteiger partial charge in [-0.05, 0) is 37.1 Å². The predicted octanol–water partition coefficient (Wildman–Crippen LogP) is 3.71. The van der Waals surface area contributed by atoms with E-state index >= 15 is 0 Å². The quantitative estimate of drug-likeness (QED) is 0.879. The molecule has 110 valence electrons. The Labute approximate surface area is 125 Å². The Bertz CT molecular complexity index is 606. The van der Waals surface area contributed by atoms with Gasteiger partial charge in [-0.2, -0.15) is 0 Å². The fourth-order valence-corrected chi connectivity index (χ4v) is 1.82. The molecule has 1 amide bonds. The number of hydrogen-bond donors (Lipinski definition) is 2. The number of pyridine rings is 1. The van der Waals surface area contributed by atoms with Crippen molar-refractivity contribution in [3.63, 3.8) is 0 Å². The van der Waals surface area contributed by atoms with Gasteiger partial charge >= 0.3 is 0 Å². The van der Waals surface area contributed by atoms with Crippen molar-refractivity contribution in [1.29, 1.82) is 0 Å². The van der Waals surface area contributed by atoms with Gasteiger partial charge in [-0.15, -0.1) is 0 Å². The molecule has 0 atom stereocenters. The van der Waals surface area contributed by atoms with Crippen LogP contribution in [0.4, 0.5) is 11.4 Å². The van der Waals surface area contributed by atoms with Gasteiger partial charge in [0.25, 0.3) is 5.91 Å². The van der Waals surface area contributed by atoms with Crippen molar-refractivity contribution in [3.8, 4) is 0 Å². The Kier molecular flexibility index (Phi) is 4.93. The Balaban J connectivity index is 2.05. The van der Waals surface area contributed by atoms with Gasteiger partial charge in [0.05, 0.1) is 0 Å². The maximum absolute atomic E-state index is 12.2. The number of aryl methyl sites for hydroxylation is 1. The van der Waals surface area contributed by atoms with Gasteiger partial charge in [-0.25, -0.2) is 0 Å². The molecule has 0 unspecified atom stereocenters. The molecule has 0 aliphatic rings. The van der Waals surface area contributed by atoms with E-state index in [1.165, 1.54) is 0 Å². The molecule has 1 heterocycles. The SMILES string of the molecule is Cc1ccc(NC(=O)c2cc(NCC(C)C)ccn2)cc1. The first-order valence-electron chi connectivity index (χ1n) is 7.12. The topological polar surface area (TPSA) is 54.0 Å². The van der Waals surface area contributed by atoms with Crippen molar-refractivity contribution >= 4 is 17.3 Å². The zero-order valence-corrected chi connectivity index (χ0v) is 12.7. The molecule has 21 heavy (non-hydrogen) atoms. The van der Waals surface area contributed by atoms with Gasteiger partial charge in [0.15, 0.2) is 0 Å². The normalized spacial score (nSPS) is 10.5. The van der Waals surface area contributed by atoms with Crippen LogP contribution in [0, 0.1) is 12.8 Å². The first-order valence-corrected chi connectivity index (χ1v) is 7.12. The minimum atomic E-state index is -0.202. The van der Waals surface area contributed by atoms with E-state index < -0.39 is 0 Å². The van der Waals surface area contributed by atoms with Crippen LogP contribution in [0.5, 0.6) is 0 Å². The fraction of sp³-hybridized carbons (Fsp3) is 0.294. The van der Waals surface area contributed by atoms with Crippen LogP contribution in [0.2, 0.25) is 0 Å². The van der Waals surface area contributed by atoms with E-state index in [9.17, 15) is 4.79 Å². The van der Waals surface area contributed by atoms with E-state index in [4.69, 9.17) is 0 Å². The van der Waals surface area contributed by atoms with Crippen LogP contribution in [0.1, 0.15) is 29.9 Å². The number of carbonyl (C=O) groups is 1. The van der Waals surface area contributed by atoms with Gasteiger partial charge in [-0.3, -0.25) is 9.78 Å². The Morgan fingerprint density at radius 3 is 2.52 bits per heavy atom. The highest BCUT2D eigenvalue weighted by molar-refractivity contribution is 6.03. The fourth-order valence-electron chi connectivity index (χ4n) is 1.82. The van der Waals surface area contributed by atoms with Crippen LogP contribution in [0.3, 0.4) is 0 Å². The molecule has 0 bridgehead atoms. The number of aromatic nitrogens is 1. The average molecular weight is 283 g/mol. The minimum Gasteiger partial charge on any atom is -0.385 e. The summed E-state index contributed by atoms with van der Waals surface area (Å²) >= 11 is 0. The molecule has 0 radical (unpaired) electrons. The lowest BCUT2D eigenvalue weighted by Crippen LogP contribution is -2.14. The van der Waals surface area contributed by atoms with E-state index in [1.54, 1.807) is 12.3 Å². The lowest BCUT2D eigenvalue weighted by molar-refractivity contribution is 0.102. The van der Waals surface area contributed by atoms with Gasteiger partial charge in [0.2, 0.25) is 0 Å². The zero-order chi connectivity index (χ0) is 15.2. The Morgan fingerprint density at radius 2 is 1.86 bits per heavy atom. The van der Waals surface area contributed by atoms with Crippen molar-refractivity contribution < 1.29 is 4.79 Å². The largest absolute Gasteiger partial charge is 0.385 e. The molecule has 2 N–H and O–H groups in total. The molecule has 0 aliphatic heterocycles. The third kappa shape index (κ3) is 4.60. The van der Waals surface area contributed by atoms with Crippen LogP contribution < -0.4 is 10.6 Å². The highest BCUT2D eigenvalue weighted by atomic mass is 16.1. The molecule has 0 spiro atoms. The predicted molar refractivity (Wildman–Crippen MR) is 86.7 cm³/mol. The summed E-state index contributed by atoms with van der Waals surface area (Å²) in [5.74, 6) is 0.343. The van der Waals surface area contributed by atoms with Crippen molar-refractivity contribution in [2.45, 2.75) is 20.8 Å². The summed E-state index contributed by atoms with van der Waals surface area (Å²) < 4.78 is 0. The molecular weight excluding hydrogens is 262 g/mol. The number of rotatable bonds is 5. The minimum absolute atomic E-state index is 0.202. The van der Waals surface area contributed by atoms with Gasteiger partial charge < -0.3 is 10.6 Å². The molecule has 0 aliphatic carbocycles. The highest BCUT2D eigenvalue weighted by Gasteiger charge is 2.08. The standard InChI is InChI=1S/C17H21N3O/c1-12(2)11-19-15-8-9-18-16(10-15)17(21)20-14-6-4-13(3)5-7-14/h4-10,12H,11H2,1-3H3,(H,18,19)(H,20,21). The Morgan fingerprint density at radius 1 is 1.14 bits per heavy atom. The summed E-state index contributed by atoms with van der Waals surface area (Å²) in [7, 11) is 0. The van der Waals surface area contributed by atoms with Crippen molar-refractivity contribution in [2.24, 2.45) is 5.92 Å². The first kappa shape index (κ1) is 15.0. The maximum Gasteiger partial charge on any atom is 0.274 e. The molecule has 0 saturated heterocycles. The van der Waals surface area contributed by atoms with Gasteiger partial charge in [-0.1, -0.05) is 31.5 Å². The number of hydrogen-bond acceptors (Lipinski definition) is 3.